The molecule has 104 valence electrons. The second-order valence-electron chi connectivity index (χ2n) is 5.43. The fraction of sp³-hybridized carbons (Fsp3) is 0.158. The van der Waals surface area contributed by atoms with Crippen molar-refractivity contribution in [1.29, 1.82) is 0 Å². The number of rotatable bonds is 3. The van der Waals surface area contributed by atoms with Crippen molar-refractivity contribution in [2.45, 2.75) is 20.3 Å². The molecule has 0 bridgehead atoms. The highest BCUT2D eigenvalue weighted by Gasteiger charge is 2.08. The van der Waals surface area contributed by atoms with Crippen molar-refractivity contribution in [1.82, 2.24) is 4.98 Å². The molecule has 0 fully saturated rings. The Morgan fingerprint density at radius 1 is 1.00 bits per heavy atom. The molecule has 0 unspecified atom stereocenters. The van der Waals surface area contributed by atoms with E-state index in [0.717, 1.165) is 22.0 Å². The Balaban J connectivity index is 1.87. The smallest absolute Gasteiger partial charge is 0.167 e. The summed E-state index contributed by atoms with van der Waals surface area (Å²) in [5.41, 5.74) is 5.20. The van der Waals surface area contributed by atoms with Crippen LogP contribution in [0.3, 0.4) is 0 Å². The molecule has 0 aliphatic rings. The molecular formula is C19H17NO. The SMILES string of the molecule is Cc1ccc(CC(=O)c2ccc3ncccc3c2)cc1C. The van der Waals surface area contributed by atoms with E-state index in [0.29, 0.717) is 6.42 Å². The zero-order chi connectivity index (χ0) is 14.8. The van der Waals surface area contributed by atoms with Crippen LogP contribution in [0, 0.1) is 13.8 Å². The molecule has 1 heterocycles. The lowest BCUT2D eigenvalue weighted by Gasteiger charge is -2.06. The van der Waals surface area contributed by atoms with Gasteiger partial charge in [0, 0.05) is 23.6 Å². The summed E-state index contributed by atoms with van der Waals surface area (Å²) >= 11 is 0. The van der Waals surface area contributed by atoms with Crippen LogP contribution in [0.2, 0.25) is 0 Å². The number of fused-ring (bicyclic) bond motifs is 1. The zero-order valence-corrected chi connectivity index (χ0v) is 12.3. The quantitative estimate of drug-likeness (QED) is 0.668. The van der Waals surface area contributed by atoms with Crippen LogP contribution in [0.4, 0.5) is 0 Å². The van der Waals surface area contributed by atoms with Gasteiger partial charge in [0.15, 0.2) is 5.78 Å². The van der Waals surface area contributed by atoms with Crippen molar-refractivity contribution in [2.24, 2.45) is 0 Å². The molecule has 0 radical (unpaired) electrons. The first-order valence-corrected chi connectivity index (χ1v) is 7.07. The molecule has 0 amide bonds. The van der Waals surface area contributed by atoms with E-state index in [2.05, 4.69) is 31.0 Å². The monoisotopic (exact) mass is 275 g/mol. The molecule has 0 aliphatic heterocycles. The third kappa shape index (κ3) is 2.84. The third-order valence-electron chi connectivity index (χ3n) is 3.86. The molecule has 2 aromatic carbocycles. The van der Waals surface area contributed by atoms with E-state index in [1.165, 1.54) is 11.1 Å². The van der Waals surface area contributed by atoms with Gasteiger partial charge in [0.1, 0.15) is 0 Å². The Morgan fingerprint density at radius 3 is 2.67 bits per heavy atom. The van der Waals surface area contributed by atoms with E-state index in [4.69, 9.17) is 0 Å². The molecule has 0 atom stereocenters. The van der Waals surface area contributed by atoms with Crippen molar-refractivity contribution in [2.75, 3.05) is 0 Å². The zero-order valence-electron chi connectivity index (χ0n) is 12.3. The number of ketones is 1. The summed E-state index contributed by atoms with van der Waals surface area (Å²) < 4.78 is 0. The average molecular weight is 275 g/mol. The van der Waals surface area contributed by atoms with Crippen LogP contribution >= 0.6 is 0 Å². The fourth-order valence-corrected chi connectivity index (χ4v) is 2.45. The van der Waals surface area contributed by atoms with Crippen LogP contribution in [-0.4, -0.2) is 10.8 Å². The predicted octanol–water partition coefficient (Wildman–Crippen LogP) is 4.28. The molecule has 2 heteroatoms. The van der Waals surface area contributed by atoms with Crippen molar-refractivity contribution < 1.29 is 4.79 Å². The lowest BCUT2D eigenvalue weighted by molar-refractivity contribution is 0.0993. The van der Waals surface area contributed by atoms with Crippen molar-refractivity contribution in [3.05, 3.63) is 77.0 Å². The maximum Gasteiger partial charge on any atom is 0.167 e. The fourth-order valence-electron chi connectivity index (χ4n) is 2.45. The number of carbonyl (C=O) groups is 1. The maximum absolute atomic E-state index is 12.4. The van der Waals surface area contributed by atoms with Gasteiger partial charge in [0.2, 0.25) is 0 Å². The van der Waals surface area contributed by atoms with E-state index in [9.17, 15) is 4.79 Å². The topological polar surface area (TPSA) is 30.0 Å². The van der Waals surface area contributed by atoms with Crippen molar-refractivity contribution >= 4 is 16.7 Å². The molecule has 2 nitrogen and oxygen atoms in total. The summed E-state index contributed by atoms with van der Waals surface area (Å²) in [4.78, 5) is 16.7. The minimum atomic E-state index is 0.143. The van der Waals surface area contributed by atoms with Gasteiger partial charge < -0.3 is 0 Å². The summed E-state index contributed by atoms with van der Waals surface area (Å²) in [6.07, 6.45) is 2.20. The van der Waals surface area contributed by atoms with Crippen LogP contribution in [0.5, 0.6) is 0 Å². The first-order chi connectivity index (χ1) is 10.1. The van der Waals surface area contributed by atoms with Gasteiger partial charge in [-0.05, 0) is 54.8 Å². The summed E-state index contributed by atoms with van der Waals surface area (Å²) in [5, 5.41) is 1.00. The number of carbonyl (C=O) groups excluding carboxylic acids is 1. The van der Waals surface area contributed by atoms with Crippen LogP contribution in [0.25, 0.3) is 10.9 Å². The van der Waals surface area contributed by atoms with Crippen LogP contribution < -0.4 is 0 Å². The molecule has 0 saturated carbocycles. The van der Waals surface area contributed by atoms with E-state index in [1.54, 1.807) is 6.20 Å². The van der Waals surface area contributed by atoms with Crippen molar-refractivity contribution in [3.8, 4) is 0 Å². The molecule has 3 aromatic rings. The largest absolute Gasteiger partial charge is 0.294 e. The van der Waals surface area contributed by atoms with Gasteiger partial charge in [0.25, 0.3) is 0 Å². The summed E-state index contributed by atoms with van der Waals surface area (Å²) in [5.74, 6) is 0.143. The first kappa shape index (κ1) is 13.5. The highest BCUT2D eigenvalue weighted by molar-refractivity contribution is 6.00. The lowest BCUT2D eigenvalue weighted by Crippen LogP contribution is -2.04. The summed E-state index contributed by atoms with van der Waals surface area (Å²) in [7, 11) is 0. The number of benzene rings is 2. The van der Waals surface area contributed by atoms with Crippen molar-refractivity contribution in [3.63, 3.8) is 0 Å². The number of aryl methyl sites for hydroxylation is 2. The molecule has 0 aliphatic carbocycles. The molecule has 0 saturated heterocycles. The van der Waals surface area contributed by atoms with Gasteiger partial charge in [-0.1, -0.05) is 24.3 Å². The maximum atomic E-state index is 12.4. The van der Waals surface area contributed by atoms with Crippen LogP contribution in [-0.2, 0) is 6.42 Å². The van der Waals surface area contributed by atoms with Gasteiger partial charge in [-0.3, -0.25) is 9.78 Å². The van der Waals surface area contributed by atoms with E-state index >= 15 is 0 Å². The van der Waals surface area contributed by atoms with Gasteiger partial charge >= 0.3 is 0 Å². The minimum Gasteiger partial charge on any atom is -0.294 e. The normalized spacial score (nSPS) is 10.8. The average Bonchev–Trinajstić information content (AvgIpc) is 2.50. The second-order valence-corrected chi connectivity index (χ2v) is 5.43. The summed E-state index contributed by atoms with van der Waals surface area (Å²) in [6, 6.07) is 15.8. The number of nitrogens with zero attached hydrogens (tertiary/aromatic N) is 1. The molecule has 0 N–H and O–H groups in total. The molecule has 3 rings (SSSR count). The Hall–Kier alpha value is -2.48. The molecule has 0 spiro atoms. The third-order valence-corrected chi connectivity index (χ3v) is 3.86. The Kier molecular flexibility index (Phi) is 3.53. The van der Waals surface area contributed by atoms with E-state index in [-0.39, 0.29) is 5.78 Å². The lowest BCUT2D eigenvalue weighted by atomic mass is 9.99. The number of aromatic nitrogens is 1. The van der Waals surface area contributed by atoms with E-state index in [1.807, 2.05) is 36.4 Å². The van der Waals surface area contributed by atoms with Crippen LogP contribution in [0.15, 0.2) is 54.7 Å². The molecular weight excluding hydrogens is 258 g/mol. The highest BCUT2D eigenvalue weighted by atomic mass is 16.1. The second kappa shape index (κ2) is 5.49. The first-order valence-electron chi connectivity index (χ1n) is 7.07. The number of Topliss-reactive ketones (excluding diaryl/α,β-unsaturated/α-hetero) is 1. The predicted molar refractivity (Wildman–Crippen MR) is 85.7 cm³/mol. The highest BCUT2D eigenvalue weighted by Crippen LogP contribution is 2.16. The van der Waals surface area contributed by atoms with Gasteiger partial charge in [-0.25, -0.2) is 0 Å². The van der Waals surface area contributed by atoms with Crippen LogP contribution in [0.1, 0.15) is 27.0 Å². The standard InChI is InChI=1S/C19H17NO/c1-13-5-6-15(10-14(13)2)11-19(21)17-7-8-18-16(12-17)4-3-9-20-18/h3-10,12H,11H2,1-2H3. The van der Waals surface area contributed by atoms with Gasteiger partial charge in [0.05, 0.1) is 5.52 Å². The van der Waals surface area contributed by atoms with E-state index < -0.39 is 0 Å². The van der Waals surface area contributed by atoms with Gasteiger partial charge in [-0.15, -0.1) is 0 Å². The minimum absolute atomic E-state index is 0.143. The Bertz CT molecular complexity index is 821. The molecule has 1 aromatic heterocycles. The number of pyridine rings is 1. The number of hydrogen-bond donors (Lipinski definition) is 0. The number of hydrogen-bond acceptors (Lipinski definition) is 2. The summed E-state index contributed by atoms with van der Waals surface area (Å²) in [6.45, 7) is 4.16. The Labute approximate surface area is 124 Å². The molecule has 21 heavy (non-hydrogen) atoms. The van der Waals surface area contributed by atoms with Gasteiger partial charge in [-0.2, -0.15) is 0 Å². The Morgan fingerprint density at radius 2 is 1.86 bits per heavy atom.